The molecule has 2 aromatic rings. The Morgan fingerprint density at radius 2 is 1.82 bits per heavy atom. The number of ether oxygens (including phenoxy) is 1. The van der Waals surface area contributed by atoms with Gasteiger partial charge in [-0.3, -0.25) is 4.79 Å². The number of amides is 1. The quantitative estimate of drug-likeness (QED) is 0.840. The first kappa shape index (κ1) is 15.9. The zero-order chi connectivity index (χ0) is 16.3. The van der Waals surface area contributed by atoms with Crippen LogP contribution in [0.25, 0.3) is 0 Å². The van der Waals surface area contributed by atoms with Crippen molar-refractivity contribution in [3.63, 3.8) is 0 Å². The molecule has 4 heteroatoms. The summed E-state index contributed by atoms with van der Waals surface area (Å²) in [7, 11) is 1.66. The van der Waals surface area contributed by atoms with E-state index in [4.69, 9.17) is 10.5 Å². The molecular weight excluding hydrogens is 276 g/mol. The van der Waals surface area contributed by atoms with Crippen molar-refractivity contribution in [2.75, 3.05) is 18.2 Å². The van der Waals surface area contributed by atoms with Gasteiger partial charge >= 0.3 is 0 Å². The van der Waals surface area contributed by atoms with Gasteiger partial charge in [0.05, 0.1) is 7.11 Å². The summed E-state index contributed by atoms with van der Waals surface area (Å²) in [6.45, 7) is 6.14. The van der Waals surface area contributed by atoms with E-state index in [0.717, 1.165) is 22.6 Å². The van der Waals surface area contributed by atoms with Crippen LogP contribution in [0, 0.1) is 6.92 Å². The molecule has 2 aromatic carbocycles. The van der Waals surface area contributed by atoms with Gasteiger partial charge in [0.2, 0.25) is 0 Å². The number of hydrogen-bond acceptors (Lipinski definition) is 3. The molecule has 0 saturated heterocycles. The number of rotatable bonds is 4. The monoisotopic (exact) mass is 298 g/mol. The van der Waals surface area contributed by atoms with E-state index in [-0.39, 0.29) is 5.91 Å². The highest BCUT2D eigenvalue weighted by Crippen LogP contribution is 2.32. The van der Waals surface area contributed by atoms with Crippen LogP contribution in [0.3, 0.4) is 0 Å². The third-order valence-corrected chi connectivity index (χ3v) is 3.62. The number of methoxy groups -OCH3 is 1. The van der Waals surface area contributed by atoms with Crippen molar-refractivity contribution < 1.29 is 9.53 Å². The molecule has 0 unspecified atom stereocenters. The second-order valence-corrected chi connectivity index (χ2v) is 5.64. The second-order valence-electron chi connectivity index (χ2n) is 5.64. The van der Waals surface area contributed by atoms with E-state index in [2.05, 4.69) is 19.2 Å². The second kappa shape index (κ2) is 6.52. The number of nitrogens with two attached hydrogens (primary N) is 1. The summed E-state index contributed by atoms with van der Waals surface area (Å²) in [5.41, 5.74) is 9.69. The first-order chi connectivity index (χ1) is 10.4. The number of anilines is 2. The fraction of sp³-hybridized carbons (Fsp3) is 0.278. The minimum Gasteiger partial charge on any atom is -0.496 e. The van der Waals surface area contributed by atoms with Crippen LogP contribution >= 0.6 is 0 Å². The van der Waals surface area contributed by atoms with E-state index < -0.39 is 0 Å². The van der Waals surface area contributed by atoms with Gasteiger partial charge in [0.25, 0.3) is 5.91 Å². The highest BCUT2D eigenvalue weighted by atomic mass is 16.5. The van der Waals surface area contributed by atoms with Crippen LogP contribution in [-0.4, -0.2) is 13.0 Å². The van der Waals surface area contributed by atoms with Gasteiger partial charge in [0.1, 0.15) is 5.75 Å². The van der Waals surface area contributed by atoms with Gasteiger partial charge < -0.3 is 15.8 Å². The van der Waals surface area contributed by atoms with E-state index in [0.29, 0.717) is 17.2 Å². The summed E-state index contributed by atoms with van der Waals surface area (Å²) in [5, 5.41) is 2.96. The van der Waals surface area contributed by atoms with E-state index in [1.807, 2.05) is 19.1 Å². The van der Waals surface area contributed by atoms with Crippen molar-refractivity contribution in [3.05, 3.63) is 53.1 Å². The topological polar surface area (TPSA) is 64.3 Å². The maximum atomic E-state index is 12.3. The molecule has 4 nitrogen and oxygen atoms in total. The van der Waals surface area contributed by atoms with Crippen LogP contribution in [-0.2, 0) is 0 Å². The standard InChI is InChI=1S/C18H22N2O2/c1-11(2)15-10-16(12(3)9-17(15)22-4)20-18(21)13-5-7-14(19)8-6-13/h5-11H,19H2,1-4H3,(H,20,21). The van der Waals surface area contributed by atoms with Crippen LogP contribution in [0.15, 0.2) is 36.4 Å². The van der Waals surface area contributed by atoms with Gasteiger partial charge in [-0.25, -0.2) is 0 Å². The Kier molecular flexibility index (Phi) is 4.71. The Hall–Kier alpha value is -2.49. The molecular formula is C18H22N2O2. The molecule has 0 bridgehead atoms. The largest absolute Gasteiger partial charge is 0.496 e. The average Bonchev–Trinajstić information content (AvgIpc) is 2.49. The number of aryl methyl sites for hydroxylation is 1. The molecule has 0 fully saturated rings. The van der Waals surface area contributed by atoms with Gasteiger partial charge in [-0.05, 0) is 60.4 Å². The molecule has 116 valence electrons. The third kappa shape index (κ3) is 3.39. The van der Waals surface area contributed by atoms with Crippen molar-refractivity contribution in [3.8, 4) is 5.75 Å². The van der Waals surface area contributed by atoms with Crippen LogP contribution in [0.5, 0.6) is 5.75 Å². The van der Waals surface area contributed by atoms with E-state index >= 15 is 0 Å². The zero-order valence-corrected chi connectivity index (χ0v) is 13.4. The molecule has 22 heavy (non-hydrogen) atoms. The van der Waals surface area contributed by atoms with Crippen molar-refractivity contribution in [1.29, 1.82) is 0 Å². The molecule has 1 amide bonds. The number of hydrogen-bond donors (Lipinski definition) is 2. The number of benzene rings is 2. The first-order valence-corrected chi connectivity index (χ1v) is 7.27. The summed E-state index contributed by atoms with van der Waals surface area (Å²) < 4.78 is 5.42. The Bertz CT molecular complexity index is 676. The van der Waals surface area contributed by atoms with Gasteiger partial charge in [-0.1, -0.05) is 13.8 Å². The Balaban J connectivity index is 2.30. The molecule has 0 aliphatic heterocycles. The minimum atomic E-state index is -0.150. The maximum absolute atomic E-state index is 12.3. The van der Waals surface area contributed by atoms with E-state index in [9.17, 15) is 4.79 Å². The lowest BCUT2D eigenvalue weighted by molar-refractivity contribution is 0.102. The Morgan fingerprint density at radius 1 is 1.18 bits per heavy atom. The first-order valence-electron chi connectivity index (χ1n) is 7.27. The number of carbonyl (C=O) groups is 1. The highest BCUT2D eigenvalue weighted by molar-refractivity contribution is 6.04. The zero-order valence-electron chi connectivity index (χ0n) is 13.4. The molecule has 0 spiro atoms. The molecule has 0 radical (unpaired) electrons. The number of carbonyl (C=O) groups excluding carboxylic acids is 1. The molecule has 0 aliphatic rings. The number of nitrogens with one attached hydrogen (secondary N) is 1. The predicted molar refractivity (Wildman–Crippen MR) is 90.6 cm³/mol. The fourth-order valence-electron chi connectivity index (χ4n) is 2.29. The van der Waals surface area contributed by atoms with Crippen molar-refractivity contribution in [1.82, 2.24) is 0 Å². The minimum absolute atomic E-state index is 0.150. The summed E-state index contributed by atoms with van der Waals surface area (Å²) >= 11 is 0. The van der Waals surface area contributed by atoms with Crippen LogP contribution in [0.1, 0.15) is 41.3 Å². The molecule has 0 aromatic heterocycles. The number of nitrogen functional groups attached to an aromatic ring is 1. The lowest BCUT2D eigenvalue weighted by Crippen LogP contribution is -2.13. The summed E-state index contributed by atoms with van der Waals surface area (Å²) in [6.07, 6.45) is 0. The van der Waals surface area contributed by atoms with E-state index in [1.54, 1.807) is 31.4 Å². The maximum Gasteiger partial charge on any atom is 0.255 e. The van der Waals surface area contributed by atoms with Gasteiger partial charge in [0.15, 0.2) is 0 Å². The summed E-state index contributed by atoms with van der Waals surface area (Å²) in [6, 6.07) is 10.8. The predicted octanol–water partition coefficient (Wildman–Crippen LogP) is 3.96. The van der Waals surface area contributed by atoms with Gasteiger partial charge in [0, 0.05) is 16.9 Å². The molecule has 2 rings (SSSR count). The van der Waals surface area contributed by atoms with Crippen LogP contribution in [0.2, 0.25) is 0 Å². The summed E-state index contributed by atoms with van der Waals surface area (Å²) in [4.78, 5) is 12.3. The average molecular weight is 298 g/mol. The normalized spacial score (nSPS) is 10.6. The molecule has 0 aliphatic carbocycles. The smallest absolute Gasteiger partial charge is 0.255 e. The van der Waals surface area contributed by atoms with Gasteiger partial charge in [-0.15, -0.1) is 0 Å². The SMILES string of the molecule is COc1cc(C)c(NC(=O)c2ccc(N)cc2)cc1C(C)C. The third-order valence-electron chi connectivity index (χ3n) is 3.62. The highest BCUT2D eigenvalue weighted by Gasteiger charge is 2.13. The molecule has 3 N–H and O–H groups in total. The van der Waals surface area contributed by atoms with Crippen molar-refractivity contribution in [2.45, 2.75) is 26.7 Å². The summed E-state index contributed by atoms with van der Waals surface area (Å²) in [5.74, 6) is 1.00. The van der Waals surface area contributed by atoms with Crippen molar-refractivity contribution >= 4 is 17.3 Å². The van der Waals surface area contributed by atoms with Crippen LogP contribution in [0.4, 0.5) is 11.4 Å². The lowest BCUT2D eigenvalue weighted by Gasteiger charge is -2.16. The van der Waals surface area contributed by atoms with Crippen molar-refractivity contribution in [2.24, 2.45) is 0 Å². The fourth-order valence-corrected chi connectivity index (χ4v) is 2.29. The molecule has 0 heterocycles. The molecule has 0 saturated carbocycles. The Morgan fingerprint density at radius 3 is 2.36 bits per heavy atom. The lowest BCUT2D eigenvalue weighted by atomic mass is 9.99. The molecule has 0 atom stereocenters. The van der Waals surface area contributed by atoms with Crippen LogP contribution < -0.4 is 15.8 Å². The van der Waals surface area contributed by atoms with Gasteiger partial charge in [-0.2, -0.15) is 0 Å². The van der Waals surface area contributed by atoms with E-state index in [1.165, 1.54) is 0 Å². The Labute approximate surface area is 131 Å².